The van der Waals surface area contributed by atoms with Crippen molar-refractivity contribution in [3.8, 4) is 0 Å². The highest BCUT2D eigenvalue weighted by molar-refractivity contribution is 14.1. The summed E-state index contributed by atoms with van der Waals surface area (Å²) >= 11 is 7.87. The van der Waals surface area contributed by atoms with Crippen LogP contribution in [0.5, 0.6) is 0 Å². The molecule has 0 atom stereocenters. The van der Waals surface area contributed by atoms with Crippen molar-refractivity contribution >= 4 is 49.9 Å². The first-order valence-corrected chi connectivity index (χ1v) is 9.46. The van der Waals surface area contributed by atoms with Crippen molar-refractivity contribution in [1.29, 1.82) is 0 Å². The third-order valence-electron chi connectivity index (χ3n) is 3.05. The lowest BCUT2D eigenvalue weighted by molar-refractivity contribution is 0.601. The van der Waals surface area contributed by atoms with Crippen LogP contribution in [0.25, 0.3) is 0 Å². The summed E-state index contributed by atoms with van der Waals surface area (Å²) in [6.07, 6.45) is 0.728. The molecule has 0 heterocycles. The highest BCUT2D eigenvalue weighted by atomic mass is 127. The largest absolute Gasteiger partial charge is 0.279 e. The molecule has 0 aromatic heterocycles. The van der Waals surface area contributed by atoms with Gasteiger partial charge in [0, 0.05) is 9.45 Å². The average Bonchev–Trinajstić information content (AvgIpc) is 2.43. The fraction of sp³-hybridized carbons (Fsp3) is 0.200. The van der Waals surface area contributed by atoms with Crippen LogP contribution in [0.1, 0.15) is 11.1 Å². The summed E-state index contributed by atoms with van der Waals surface area (Å²) in [5, 5.41) is 0. The second-order valence-electron chi connectivity index (χ2n) is 4.65. The first-order chi connectivity index (χ1) is 9.92. The van der Waals surface area contributed by atoms with Gasteiger partial charge in [-0.25, -0.2) is 8.42 Å². The van der Waals surface area contributed by atoms with Gasteiger partial charge in [0.05, 0.1) is 10.6 Å². The van der Waals surface area contributed by atoms with Crippen LogP contribution in [-0.4, -0.2) is 14.3 Å². The average molecular weight is 436 g/mol. The van der Waals surface area contributed by atoms with Crippen molar-refractivity contribution in [3.63, 3.8) is 0 Å². The molecule has 0 aliphatic rings. The van der Waals surface area contributed by atoms with Gasteiger partial charge in [-0.05, 0) is 77.4 Å². The van der Waals surface area contributed by atoms with E-state index < -0.39 is 10.0 Å². The highest BCUT2D eigenvalue weighted by Gasteiger charge is 2.15. The van der Waals surface area contributed by atoms with Crippen LogP contribution < -0.4 is 4.72 Å². The van der Waals surface area contributed by atoms with E-state index in [1.165, 1.54) is 0 Å². The van der Waals surface area contributed by atoms with Crippen molar-refractivity contribution in [2.24, 2.45) is 0 Å². The van der Waals surface area contributed by atoms with Crippen LogP contribution >= 0.6 is 34.2 Å². The minimum absolute atomic E-state index is 0.249. The Hall–Kier alpha value is -0.790. The zero-order valence-corrected chi connectivity index (χ0v) is 15.2. The third kappa shape index (κ3) is 4.34. The molecule has 21 heavy (non-hydrogen) atoms. The van der Waals surface area contributed by atoms with Crippen LogP contribution in [0.4, 0.5) is 5.69 Å². The fourth-order valence-corrected chi connectivity index (χ4v) is 3.89. The molecule has 0 saturated heterocycles. The van der Waals surface area contributed by atoms with Gasteiger partial charge in [0.25, 0.3) is 10.0 Å². The van der Waals surface area contributed by atoms with Gasteiger partial charge in [-0.1, -0.05) is 12.1 Å². The van der Waals surface area contributed by atoms with Gasteiger partial charge in [-0.3, -0.25) is 4.72 Å². The van der Waals surface area contributed by atoms with Crippen molar-refractivity contribution in [2.75, 3.05) is 10.6 Å². The molecule has 0 amide bonds. The highest BCUT2D eigenvalue weighted by Crippen LogP contribution is 2.22. The summed E-state index contributed by atoms with van der Waals surface area (Å²) in [5.74, 6) is 0.520. The van der Waals surface area contributed by atoms with Crippen molar-refractivity contribution in [1.82, 2.24) is 0 Å². The van der Waals surface area contributed by atoms with E-state index in [0.717, 1.165) is 21.1 Å². The van der Waals surface area contributed by atoms with E-state index >= 15 is 0 Å². The Morgan fingerprint density at radius 2 is 1.81 bits per heavy atom. The SMILES string of the molecule is Cc1cc(I)ccc1NS(=O)(=O)c1ccc(CCCl)cc1. The minimum atomic E-state index is -3.57. The maximum Gasteiger partial charge on any atom is 0.261 e. The van der Waals surface area contributed by atoms with Crippen LogP contribution in [0, 0.1) is 10.5 Å². The molecule has 0 bridgehead atoms. The van der Waals surface area contributed by atoms with E-state index in [4.69, 9.17) is 11.6 Å². The first kappa shape index (κ1) is 16.6. The second kappa shape index (κ2) is 6.98. The Bertz CT molecular complexity index is 730. The van der Waals surface area contributed by atoms with E-state index in [2.05, 4.69) is 27.3 Å². The third-order valence-corrected chi connectivity index (χ3v) is 5.29. The minimum Gasteiger partial charge on any atom is -0.279 e. The Morgan fingerprint density at radius 3 is 2.38 bits per heavy atom. The van der Waals surface area contributed by atoms with Crippen molar-refractivity contribution < 1.29 is 8.42 Å². The predicted octanol–water partition coefficient (Wildman–Crippen LogP) is 4.18. The van der Waals surface area contributed by atoms with E-state index in [1.807, 2.05) is 19.1 Å². The molecule has 0 aliphatic heterocycles. The molecule has 2 rings (SSSR count). The fourth-order valence-electron chi connectivity index (χ4n) is 1.89. The molecular weight excluding hydrogens is 421 g/mol. The zero-order chi connectivity index (χ0) is 15.5. The second-order valence-corrected chi connectivity index (χ2v) is 7.95. The van der Waals surface area contributed by atoms with E-state index in [9.17, 15) is 8.42 Å². The Kier molecular flexibility index (Phi) is 5.51. The summed E-state index contributed by atoms with van der Waals surface area (Å²) in [5.41, 5.74) is 2.51. The van der Waals surface area contributed by atoms with Gasteiger partial charge in [0.1, 0.15) is 0 Å². The van der Waals surface area contributed by atoms with E-state index in [1.54, 1.807) is 30.3 Å². The quantitative estimate of drug-likeness (QED) is 0.566. The number of rotatable bonds is 5. The number of benzene rings is 2. The standard InChI is InChI=1S/C15H15ClINO2S/c1-11-10-13(17)4-7-15(11)18-21(19,20)14-5-2-12(3-6-14)8-9-16/h2-7,10,18H,8-9H2,1H3. The summed E-state index contributed by atoms with van der Waals surface area (Å²) in [6.45, 7) is 1.88. The number of hydrogen-bond donors (Lipinski definition) is 1. The molecule has 2 aromatic carbocycles. The molecule has 0 aliphatic carbocycles. The van der Waals surface area contributed by atoms with Crippen LogP contribution in [-0.2, 0) is 16.4 Å². The number of nitrogens with one attached hydrogen (secondary N) is 1. The maximum absolute atomic E-state index is 12.4. The molecule has 2 aromatic rings. The predicted molar refractivity (Wildman–Crippen MR) is 95.6 cm³/mol. The molecule has 1 N–H and O–H groups in total. The lowest BCUT2D eigenvalue weighted by Crippen LogP contribution is -2.13. The summed E-state index contributed by atoms with van der Waals surface area (Å²) in [7, 11) is -3.57. The van der Waals surface area contributed by atoms with E-state index in [0.29, 0.717) is 11.6 Å². The van der Waals surface area contributed by atoms with Gasteiger partial charge < -0.3 is 0 Å². The van der Waals surface area contributed by atoms with Crippen molar-refractivity contribution in [2.45, 2.75) is 18.2 Å². The number of anilines is 1. The number of sulfonamides is 1. The lowest BCUT2D eigenvalue weighted by atomic mass is 10.2. The molecule has 6 heteroatoms. The molecule has 0 saturated carbocycles. The summed E-state index contributed by atoms with van der Waals surface area (Å²) in [6, 6.07) is 12.4. The van der Waals surface area contributed by atoms with Gasteiger partial charge in [0.15, 0.2) is 0 Å². The van der Waals surface area contributed by atoms with Gasteiger partial charge in [-0.2, -0.15) is 0 Å². The van der Waals surface area contributed by atoms with Crippen molar-refractivity contribution in [3.05, 3.63) is 57.2 Å². The molecule has 0 unspecified atom stereocenters. The summed E-state index contributed by atoms with van der Waals surface area (Å²) in [4.78, 5) is 0.249. The Labute approximate surface area is 143 Å². The summed E-state index contributed by atoms with van der Waals surface area (Å²) < 4.78 is 28.4. The molecule has 3 nitrogen and oxygen atoms in total. The smallest absolute Gasteiger partial charge is 0.261 e. The number of alkyl halides is 1. The van der Waals surface area contributed by atoms with Crippen LogP contribution in [0.3, 0.4) is 0 Å². The Balaban J connectivity index is 2.25. The maximum atomic E-state index is 12.4. The van der Waals surface area contributed by atoms with Gasteiger partial charge in [0.2, 0.25) is 0 Å². The number of aryl methyl sites for hydroxylation is 2. The Morgan fingerprint density at radius 1 is 1.14 bits per heavy atom. The zero-order valence-electron chi connectivity index (χ0n) is 11.4. The monoisotopic (exact) mass is 435 g/mol. The molecular formula is C15H15ClINO2S. The molecule has 0 fully saturated rings. The molecule has 0 radical (unpaired) electrons. The number of hydrogen-bond acceptors (Lipinski definition) is 2. The lowest BCUT2D eigenvalue weighted by Gasteiger charge is -2.11. The van der Waals surface area contributed by atoms with E-state index in [-0.39, 0.29) is 4.90 Å². The normalized spacial score (nSPS) is 11.4. The topological polar surface area (TPSA) is 46.2 Å². The van der Waals surface area contributed by atoms with Crippen LogP contribution in [0.2, 0.25) is 0 Å². The van der Waals surface area contributed by atoms with Gasteiger partial charge in [-0.15, -0.1) is 11.6 Å². The van der Waals surface area contributed by atoms with Gasteiger partial charge >= 0.3 is 0 Å². The van der Waals surface area contributed by atoms with Crippen LogP contribution in [0.15, 0.2) is 47.4 Å². The molecule has 0 spiro atoms. The number of halogens is 2. The molecule has 112 valence electrons. The first-order valence-electron chi connectivity index (χ1n) is 6.36.